The van der Waals surface area contributed by atoms with Crippen LogP contribution in [0.2, 0.25) is 0 Å². The lowest BCUT2D eigenvalue weighted by atomic mass is 9.75. The highest BCUT2D eigenvalue weighted by molar-refractivity contribution is 5.83. The molecule has 0 spiro atoms. The zero-order chi connectivity index (χ0) is 13.9. The summed E-state index contributed by atoms with van der Waals surface area (Å²) >= 11 is 0. The molecule has 2 atom stereocenters. The number of nitrogens with zero attached hydrogens (tertiary/aromatic N) is 1. The summed E-state index contributed by atoms with van der Waals surface area (Å²) in [6, 6.07) is 0.266. The van der Waals surface area contributed by atoms with Crippen LogP contribution in [0.1, 0.15) is 46.5 Å². The van der Waals surface area contributed by atoms with Crippen LogP contribution in [0, 0.1) is 5.41 Å². The topological polar surface area (TPSA) is 41.6 Å². The van der Waals surface area contributed by atoms with Crippen LogP contribution in [0.25, 0.3) is 0 Å². The minimum absolute atomic E-state index is 0.129. The van der Waals surface area contributed by atoms with Crippen molar-refractivity contribution in [3.63, 3.8) is 0 Å². The SMILES string of the molecule is CCC1COC(C)CN1C(=O)C1(CC)CCNCC1. The molecule has 2 aliphatic heterocycles. The number of carbonyl (C=O) groups excluding carboxylic acids is 1. The van der Waals surface area contributed by atoms with Gasteiger partial charge in [-0.1, -0.05) is 13.8 Å². The van der Waals surface area contributed by atoms with E-state index < -0.39 is 0 Å². The Hall–Kier alpha value is -0.610. The van der Waals surface area contributed by atoms with Gasteiger partial charge in [-0.25, -0.2) is 0 Å². The van der Waals surface area contributed by atoms with Crippen molar-refractivity contribution in [3.8, 4) is 0 Å². The van der Waals surface area contributed by atoms with Crippen molar-refractivity contribution >= 4 is 5.91 Å². The number of ether oxygens (including phenoxy) is 1. The Labute approximate surface area is 116 Å². The van der Waals surface area contributed by atoms with Crippen LogP contribution in [-0.4, -0.2) is 49.2 Å². The van der Waals surface area contributed by atoms with Gasteiger partial charge in [-0.15, -0.1) is 0 Å². The standard InChI is InChI=1S/C15H28N2O2/c1-4-13-11-19-12(3)10-17(13)14(18)15(5-2)6-8-16-9-7-15/h12-13,16H,4-11H2,1-3H3. The van der Waals surface area contributed by atoms with Crippen molar-refractivity contribution in [1.82, 2.24) is 10.2 Å². The van der Waals surface area contributed by atoms with E-state index in [0.717, 1.165) is 45.3 Å². The van der Waals surface area contributed by atoms with Gasteiger partial charge < -0.3 is 15.0 Å². The summed E-state index contributed by atoms with van der Waals surface area (Å²) in [6.07, 6.45) is 4.06. The number of nitrogens with one attached hydrogen (secondary N) is 1. The Morgan fingerprint density at radius 3 is 2.63 bits per heavy atom. The maximum atomic E-state index is 13.1. The van der Waals surface area contributed by atoms with Crippen molar-refractivity contribution in [3.05, 3.63) is 0 Å². The number of amides is 1. The summed E-state index contributed by atoms with van der Waals surface area (Å²) < 4.78 is 5.71. The average molecular weight is 268 g/mol. The van der Waals surface area contributed by atoms with E-state index in [9.17, 15) is 4.79 Å². The summed E-state index contributed by atoms with van der Waals surface area (Å²) in [5, 5.41) is 3.37. The van der Waals surface area contributed by atoms with Gasteiger partial charge in [0.15, 0.2) is 0 Å². The summed E-state index contributed by atoms with van der Waals surface area (Å²) in [7, 11) is 0. The molecule has 1 N–H and O–H groups in total. The van der Waals surface area contributed by atoms with Gasteiger partial charge in [0, 0.05) is 6.54 Å². The first-order chi connectivity index (χ1) is 9.13. The second-order valence-electron chi connectivity index (χ2n) is 6.05. The molecule has 2 rings (SSSR count). The van der Waals surface area contributed by atoms with Crippen molar-refractivity contribution < 1.29 is 9.53 Å². The molecule has 110 valence electrons. The molecule has 19 heavy (non-hydrogen) atoms. The number of piperidine rings is 1. The monoisotopic (exact) mass is 268 g/mol. The minimum Gasteiger partial charge on any atom is -0.375 e. The van der Waals surface area contributed by atoms with Gasteiger partial charge in [-0.05, 0) is 45.7 Å². The van der Waals surface area contributed by atoms with Crippen LogP contribution in [-0.2, 0) is 9.53 Å². The Morgan fingerprint density at radius 1 is 1.37 bits per heavy atom. The lowest BCUT2D eigenvalue weighted by Gasteiger charge is -2.45. The normalized spacial score (nSPS) is 31.2. The summed E-state index contributed by atoms with van der Waals surface area (Å²) in [4.78, 5) is 15.2. The van der Waals surface area contributed by atoms with E-state index in [1.54, 1.807) is 0 Å². The van der Waals surface area contributed by atoms with E-state index >= 15 is 0 Å². The van der Waals surface area contributed by atoms with Crippen molar-refractivity contribution in [1.29, 1.82) is 0 Å². The van der Waals surface area contributed by atoms with Gasteiger partial charge in [-0.2, -0.15) is 0 Å². The van der Waals surface area contributed by atoms with Crippen molar-refractivity contribution in [2.24, 2.45) is 5.41 Å². The van der Waals surface area contributed by atoms with Gasteiger partial charge in [-0.3, -0.25) is 4.79 Å². The van der Waals surface area contributed by atoms with E-state index in [0.29, 0.717) is 12.5 Å². The zero-order valence-corrected chi connectivity index (χ0v) is 12.6. The van der Waals surface area contributed by atoms with E-state index in [-0.39, 0.29) is 17.6 Å². The highest BCUT2D eigenvalue weighted by Gasteiger charge is 2.43. The summed E-state index contributed by atoms with van der Waals surface area (Å²) in [5.41, 5.74) is -0.129. The highest BCUT2D eigenvalue weighted by atomic mass is 16.5. The number of rotatable bonds is 3. The molecule has 4 heteroatoms. The fourth-order valence-electron chi connectivity index (χ4n) is 3.36. The second-order valence-corrected chi connectivity index (χ2v) is 6.05. The van der Waals surface area contributed by atoms with Crippen LogP contribution in [0.5, 0.6) is 0 Å². The molecule has 2 unspecified atom stereocenters. The van der Waals surface area contributed by atoms with E-state index in [1.165, 1.54) is 0 Å². The molecule has 2 saturated heterocycles. The quantitative estimate of drug-likeness (QED) is 0.848. The fraction of sp³-hybridized carbons (Fsp3) is 0.933. The fourth-order valence-corrected chi connectivity index (χ4v) is 3.36. The third kappa shape index (κ3) is 2.95. The summed E-state index contributed by atoms with van der Waals surface area (Å²) in [6.45, 7) is 9.76. The summed E-state index contributed by atoms with van der Waals surface area (Å²) in [5.74, 6) is 0.374. The molecule has 0 aromatic heterocycles. The number of morpholine rings is 1. The van der Waals surface area contributed by atoms with Gasteiger partial charge >= 0.3 is 0 Å². The Bertz CT molecular complexity index is 313. The molecule has 0 radical (unpaired) electrons. The maximum Gasteiger partial charge on any atom is 0.229 e. The predicted octanol–water partition coefficient (Wildman–Crippen LogP) is 1.79. The predicted molar refractivity (Wildman–Crippen MR) is 76.0 cm³/mol. The van der Waals surface area contributed by atoms with E-state index in [2.05, 4.69) is 31.0 Å². The molecule has 0 aromatic rings. The first-order valence-electron chi connectivity index (χ1n) is 7.76. The minimum atomic E-state index is -0.129. The van der Waals surface area contributed by atoms with E-state index in [4.69, 9.17) is 4.74 Å². The first kappa shape index (κ1) is 14.8. The second kappa shape index (κ2) is 6.23. The molecule has 0 aliphatic carbocycles. The third-order valence-corrected chi connectivity index (χ3v) is 4.89. The van der Waals surface area contributed by atoms with Gasteiger partial charge in [0.05, 0.1) is 24.2 Å². The molecule has 4 nitrogen and oxygen atoms in total. The molecule has 2 fully saturated rings. The molecule has 0 bridgehead atoms. The lowest BCUT2D eigenvalue weighted by Crippen LogP contribution is -2.57. The van der Waals surface area contributed by atoms with Crippen LogP contribution < -0.4 is 5.32 Å². The zero-order valence-electron chi connectivity index (χ0n) is 12.6. The van der Waals surface area contributed by atoms with E-state index in [1.807, 2.05) is 0 Å². The lowest BCUT2D eigenvalue weighted by molar-refractivity contribution is -0.157. The largest absolute Gasteiger partial charge is 0.375 e. The smallest absolute Gasteiger partial charge is 0.229 e. The van der Waals surface area contributed by atoms with Crippen LogP contribution in [0.4, 0.5) is 0 Å². The van der Waals surface area contributed by atoms with Crippen molar-refractivity contribution in [2.75, 3.05) is 26.2 Å². The molecule has 0 saturated carbocycles. The Morgan fingerprint density at radius 2 is 2.05 bits per heavy atom. The Balaban J connectivity index is 2.14. The molecule has 1 amide bonds. The number of hydrogen-bond donors (Lipinski definition) is 1. The highest BCUT2D eigenvalue weighted by Crippen LogP contribution is 2.36. The van der Waals surface area contributed by atoms with Gasteiger partial charge in [0.2, 0.25) is 5.91 Å². The average Bonchev–Trinajstić information content (AvgIpc) is 2.47. The molecular formula is C15H28N2O2. The van der Waals surface area contributed by atoms with Gasteiger partial charge in [0.25, 0.3) is 0 Å². The first-order valence-corrected chi connectivity index (χ1v) is 7.76. The number of carbonyl (C=O) groups is 1. The molecular weight excluding hydrogens is 240 g/mol. The van der Waals surface area contributed by atoms with Crippen LogP contribution >= 0.6 is 0 Å². The maximum absolute atomic E-state index is 13.1. The van der Waals surface area contributed by atoms with Crippen LogP contribution in [0.3, 0.4) is 0 Å². The third-order valence-electron chi connectivity index (χ3n) is 4.89. The molecule has 2 heterocycles. The Kier molecular flexibility index (Phi) is 4.85. The van der Waals surface area contributed by atoms with Crippen LogP contribution in [0.15, 0.2) is 0 Å². The van der Waals surface area contributed by atoms with Crippen molar-refractivity contribution in [2.45, 2.75) is 58.6 Å². The number of hydrogen-bond acceptors (Lipinski definition) is 3. The molecule has 2 aliphatic rings. The molecule has 0 aromatic carbocycles. The van der Waals surface area contributed by atoms with Gasteiger partial charge in [0.1, 0.15) is 0 Å².